The minimum absolute atomic E-state index is 0.229. The van der Waals surface area contributed by atoms with E-state index in [1.165, 1.54) is 16.7 Å². The van der Waals surface area contributed by atoms with Crippen LogP contribution in [0, 0.1) is 0 Å². The van der Waals surface area contributed by atoms with E-state index in [2.05, 4.69) is 0 Å². The first-order valence-electron chi connectivity index (χ1n) is 9.22. The second kappa shape index (κ2) is 9.92. The first-order chi connectivity index (χ1) is 13.6. The van der Waals surface area contributed by atoms with Crippen LogP contribution in [0.15, 0.2) is 59.5 Å². The zero-order valence-corrected chi connectivity index (χ0v) is 17.3. The van der Waals surface area contributed by atoms with Crippen molar-refractivity contribution in [2.24, 2.45) is 0 Å². The maximum atomic E-state index is 13.0. The zero-order chi connectivity index (χ0) is 19.9. The lowest BCUT2D eigenvalue weighted by atomic mass is 10.1. The number of hydrogen-bond acceptors (Lipinski definition) is 4. The van der Waals surface area contributed by atoms with Gasteiger partial charge >= 0.3 is 0 Å². The first-order valence-corrected chi connectivity index (χ1v) is 10.6. The summed E-state index contributed by atoms with van der Waals surface area (Å²) in [6, 6.07) is 16.9. The Morgan fingerprint density at radius 1 is 1.00 bits per heavy atom. The predicted molar refractivity (Wildman–Crippen MR) is 114 cm³/mol. The van der Waals surface area contributed by atoms with Crippen LogP contribution in [0.3, 0.4) is 0 Å². The average Bonchev–Trinajstić information content (AvgIpc) is 2.95. The van der Waals surface area contributed by atoms with E-state index in [0.29, 0.717) is 53.0 Å². The normalized spacial score (nSPS) is 14.3. The van der Waals surface area contributed by atoms with Gasteiger partial charge in [-0.15, -0.1) is 11.8 Å². The lowest BCUT2D eigenvalue weighted by Crippen LogP contribution is -2.33. The summed E-state index contributed by atoms with van der Waals surface area (Å²) in [5.41, 5.74) is 2.27. The molecule has 0 saturated carbocycles. The zero-order valence-electron chi connectivity index (χ0n) is 15.7. The third-order valence-corrected chi connectivity index (χ3v) is 5.76. The van der Waals surface area contributed by atoms with Crippen molar-refractivity contribution >= 4 is 40.8 Å². The number of carbonyl (C=O) groups is 2. The van der Waals surface area contributed by atoms with Crippen LogP contribution in [-0.4, -0.2) is 36.5 Å². The lowest BCUT2D eigenvalue weighted by Gasteiger charge is -2.15. The van der Waals surface area contributed by atoms with E-state index >= 15 is 0 Å². The maximum Gasteiger partial charge on any atom is 0.267 e. The number of carbonyl (C=O) groups excluding carboxylic acids is 2. The van der Waals surface area contributed by atoms with Gasteiger partial charge in [-0.05, 0) is 36.6 Å². The molecule has 2 aromatic carbocycles. The van der Waals surface area contributed by atoms with Crippen LogP contribution in [0.5, 0.6) is 0 Å². The molecule has 2 amide bonds. The fraction of sp³-hybridized carbons (Fsp3) is 0.273. The van der Waals surface area contributed by atoms with Crippen LogP contribution < -0.4 is 0 Å². The summed E-state index contributed by atoms with van der Waals surface area (Å²) in [6.45, 7) is 3.42. The molecular formula is C22H22ClNO3S. The number of benzene rings is 2. The molecule has 146 valence electrons. The number of thioether (sulfide) groups is 1. The Morgan fingerprint density at radius 3 is 2.39 bits per heavy atom. The largest absolute Gasteiger partial charge is 0.382 e. The molecule has 0 bridgehead atoms. The van der Waals surface area contributed by atoms with Crippen molar-refractivity contribution in [3.63, 3.8) is 0 Å². The summed E-state index contributed by atoms with van der Waals surface area (Å²) in [4.78, 5) is 27.9. The number of nitrogens with zero attached hydrogens (tertiary/aromatic N) is 1. The number of rotatable bonds is 9. The van der Waals surface area contributed by atoms with Crippen LogP contribution in [0.25, 0.3) is 5.57 Å². The Kier molecular flexibility index (Phi) is 7.31. The van der Waals surface area contributed by atoms with E-state index in [-0.39, 0.29) is 11.8 Å². The SMILES string of the molecule is CCOCCCN1C(=O)C(SCc2ccccc2)=C(c2ccc(Cl)cc2)C1=O. The van der Waals surface area contributed by atoms with Crippen molar-refractivity contribution < 1.29 is 14.3 Å². The van der Waals surface area contributed by atoms with E-state index < -0.39 is 0 Å². The molecule has 4 nitrogen and oxygen atoms in total. The maximum absolute atomic E-state index is 13.0. The summed E-state index contributed by atoms with van der Waals surface area (Å²) in [5.74, 6) is 0.144. The fourth-order valence-electron chi connectivity index (χ4n) is 2.96. The van der Waals surface area contributed by atoms with Crippen LogP contribution in [0.4, 0.5) is 0 Å². The Labute approximate surface area is 174 Å². The second-order valence-electron chi connectivity index (χ2n) is 6.30. The van der Waals surface area contributed by atoms with Gasteiger partial charge in [0, 0.05) is 30.5 Å². The van der Waals surface area contributed by atoms with Crippen LogP contribution in [0.2, 0.25) is 5.02 Å². The van der Waals surface area contributed by atoms with Gasteiger partial charge < -0.3 is 4.74 Å². The van der Waals surface area contributed by atoms with Gasteiger partial charge in [0.1, 0.15) is 0 Å². The number of ether oxygens (including phenoxy) is 1. The standard InChI is InChI=1S/C22H22ClNO3S/c1-2-27-14-6-13-24-21(25)19(17-9-11-18(23)12-10-17)20(22(24)26)28-15-16-7-4-3-5-8-16/h3-5,7-12H,2,6,13-15H2,1H3. The topological polar surface area (TPSA) is 46.6 Å². The Bertz CT molecular complexity index is 865. The van der Waals surface area contributed by atoms with Crippen molar-refractivity contribution in [2.45, 2.75) is 19.1 Å². The molecule has 0 N–H and O–H groups in total. The first kappa shape index (κ1) is 20.6. The van der Waals surface area contributed by atoms with Crippen molar-refractivity contribution in [2.75, 3.05) is 19.8 Å². The predicted octanol–water partition coefficient (Wildman–Crippen LogP) is 4.78. The third-order valence-electron chi connectivity index (χ3n) is 4.36. The molecule has 0 unspecified atom stereocenters. The Balaban J connectivity index is 1.85. The van der Waals surface area contributed by atoms with Crippen molar-refractivity contribution in [3.05, 3.63) is 75.7 Å². The summed E-state index contributed by atoms with van der Waals surface area (Å²) in [7, 11) is 0. The van der Waals surface area contributed by atoms with Crippen molar-refractivity contribution in [3.8, 4) is 0 Å². The molecule has 0 radical (unpaired) electrons. The molecule has 0 aliphatic carbocycles. The molecule has 0 aromatic heterocycles. The summed E-state index contributed by atoms with van der Waals surface area (Å²) >= 11 is 7.40. The smallest absolute Gasteiger partial charge is 0.267 e. The number of imide groups is 1. The van der Waals surface area contributed by atoms with Crippen LogP contribution >= 0.6 is 23.4 Å². The highest BCUT2D eigenvalue weighted by Crippen LogP contribution is 2.37. The second-order valence-corrected chi connectivity index (χ2v) is 7.72. The van der Waals surface area contributed by atoms with Crippen molar-refractivity contribution in [1.29, 1.82) is 0 Å². The molecule has 6 heteroatoms. The van der Waals surface area contributed by atoms with Gasteiger partial charge in [0.05, 0.1) is 10.5 Å². The molecular weight excluding hydrogens is 394 g/mol. The average molecular weight is 416 g/mol. The highest BCUT2D eigenvalue weighted by Gasteiger charge is 2.38. The van der Waals surface area contributed by atoms with E-state index in [9.17, 15) is 9.59 Å². The lowest BCUT2D eigenvalue weighted by molar-refractivity contribution is -0.136. The monoisotopic (exact) mass is 415 g/mol. The van der Waals surface area contributed by atoms with Gasteiger partial charge in [-0.1, -0.05) is 54.1 Å². The van der Waals surface area contributed by atoms with E-state index in [0.717, 1.165) is 5.56 Å². The summed E-state index contributed by atoms with van der Waals surface area (Å²) in [5, 5.41) is 0.591. The minimum Gasteiger partial charge on any atom is -0.382 e. The van der Waals surface area contributed by atoms with Gasteiger partial charge in [0.25, 0.3) is 11.8 Å². The molecule has 0 spiro atoms. The van der Waals surface area contributed by atoms with Gasteiger partial charge in [-0.25, -0.2) is 0 Å². The molecule has 0 fully saturated rings. The number of halogens is 1. The summed E-state index contributed by atoms with van der Waals surface area (Å²) < 4.78 is 5.34. The summed E-state index contributed by atoms with van der Waals surface area (Å²) in [6.07, 6.45) is 0.621. The van der Waals surface area contributed by atoms with E-state index in [1.807, 2.05) is 37.3 Å². The van der Waals surface area contributed by atoms with Crippen LogP contribution in [0.1, 0.15) is 24.5 Å². The van der Waals surface area contributed by atoms with E-state index in [4.69, 9.17) is 16.3 Å². The molecule has 0 saturated heterocycles. The third kappa shape index (κ3) is 4.85. The molecule has 3 rings (SSSR count). The van der Waals surface area contributed by atoms with Gasteiger partial charge in [-0.3, -0.25) is 14.5 Å². The van der Waals surface area contributed by atoms with Gasteiger partial charge in [0.2, 0.25) is 0 Å². The quantitative estimate of drug-likeness (QED) is 0.436. The molecule has 1 heterocycles. The number of amides is 2. The molecule has 28 heavy (non-hydrogen) atoms. The van der Waals surface area contributed by atoms with Crippen molar-refractivity contribution in [1.82, 2.24) is 4.90 Å². The van der Waals surface area contributed by atoms with Gasteiger partial charge in [-0.2, -0.15) is 0 Å². The highest BCUT2D eigenvalue weighted by atomic mass is 35.5. The minimum atomic E-state index is -0.251. The highest BCUT2D eigenvalue weighted by molar-refractivity contribution is 8.03. The molecule has 1 aliphatic heterocycles. The number of hydrogen-bond donors (Lipinski definition) is 0. The van der Waals surface area contributed by atoms with Crippen LogP contribution in [-0.2, 0) is 20.1 Å². The van der Waals surface area contributed by atoms with Gasteiger partial charge in [0.15, 0.2) is 0 Å². The Hall–Kier alpha value is -2.08. The Morgan fingerprint density at radius 2 is 1.71 bits per heavy atom. The molecule has 0 atom stereocenters. The molecule has 1 aliphatic rings. The fourth-order valence-corrected chi connectivity index (χ4v) is 4.17. The molecule has 2 aromatic rings. The van der Waals surface area contributed by atoms with E-state index in [1.54, 1.807) is 24.3 Å².